The van der Waals surface area contributed by atoms with Gasteiger partial charge in [0.2, 0.25) is 0 Å². The number of rotatable bonds is 1. The van der Waals surface area contributed by atoms with Crippen molar-refractivity contribution in [3.8, 4) is 0 Å². The Morgan fingerprint density at radius 3 is 2.69 bits per heavy atom. The van der Waals surface area contributed by atoms with E-state index in [1.54, 1.807) is 0 Å². The number of aromatic nitrogens is 1. The minimum Gasteiger partial charge on any atom is -0.372 e. The summed E-state index contributed by atoms with van der Waals surface area (Å²) in [6.45, 7) is 2.34. The first-order valence-corrected chi connectivity index (χ1v) is 6.01. The number of fused-ring (bicyclic) bond motifs is 1. The quantitative estimate of drug-likeness (QED) is 0.700. The third-order valence-electron chi connectivity index (χ3n) is 3.14. The normalized spacial score (nSPS) is 15.9. The van der Waals surface area contributed by atoms with E-state index in [-0.39, 0.29) is 0 Å². The molecule has 1 aliphatic heterocycles. The van der Waals surface area contributed by atoms with E-state index in [0.717, 1.165) is 5.39 Å². The van der Waals surface area contributed by atoms with E-state index in [1.807, 2.05) is 12.3 Å². The Bertz CT molecular complexity index is 518. The van der Waals surface area contributed by atoms with E-state index in [0.29, 0.717) is 5.15 Å². The molecule has 1 aromatic carbocycles. The van der Waals surface area contributed by atoms with Crippen molar-refractivity contribution in [1.29, 1.82) is 0 Å². The third kappa shape index (κ3) is 1.74. The average molecular weight is 233 g/mol. The first-order chi connectivity index (χ1) is 7.83. The van der Waals surface area contributed by atoms with Gasteiger partial charge in [-0.05, 0) is 36.4 Å². The fraction of sp³-hybridized carbons (Fsp3) is 0.308. The fourth-order valence-corrected chi connectivity index (χ4v) is 2.44. The highest BCUT2D eigenvalue weighted by Crippen LogP contribution is 2.25. The molecule has 0 unspecified atom stereocenters. The Hall–Kier alpha value is -1.28. The molecule has 0 spiro atoms. The molecule has 1 aliphatic rings. The topological polar surface area (TPSA) is 16.1 Å². The lowest BCUT2D eigenvalue weighted by molar-refractivity contribution is 0.949. The molecule has 1 saturated heterocycles. The first kappa shape index (κ1) is 9.91. The van der Waals surface area contributed by atoms with Crippen LogP contribution in [0.25, 0.3) is 10.8 Å². The maximum Gasteiger partial charge on any atom is 0.129 e. The largest absolute Gasteiger partial charge is 0.372 e. The number of benzene rings is 1. The summed E-state index contributed by atoms with van der Waals surface area (Å²) >= 11 is 5.91. The van der Waals surface area contributed by atoms with Gasteiger partial charge in [-0.2, -0.15) is 0 Å². The lowest BCUT2D eigenvalue weighted by Crippen LogP contribution is -2.17. The molecule has 0 amide bonds. The van der Waals surface area contributed by atoms with Crippen LogP contribution >= 0.6 is 11.6 Å². The molecule has 3 rings (SSSR count). The highest BCUT2D eigenvalue weighted by atomic mass is 35.5. The molecule has 82 valence electrons. The van der Waals surface area contributed by atoms with Crippen LogP contribution in [0.3, 0.4) is 0 Å². The van der Waals surface area contributed by atoms with Crippen molar-refractivity contribution in [2.24, 2.45) is 0 Å². The van der Waals surface area contributed by atoms with Crippen molar-refractivity contribution in [3.05, 3.63) is 35.6 Å². The number of pyridine rings is 1. The van der Waals surface area contributed by atoms with Crippen molar-refractivity contribution in [2.75, 3.05) is 18.0 Å². The Balaban J connectivity index is 2.07. The number of hydrogen-bond donors (Lipinski definition) is 0. The molecule has 0 aliphatic carbocycles. The van der Waals surface area contributed by atoms with Gasteiger partial charge in [0.25, 0.3) is 0 Å². The first-order valence-electron chi connectivity index (χ1n) is 5.63. The summed E-state index contributed by atoms with van der Waals surface area (Å²) in [6, 6.07) is 8.42. The van der Waals surface area contributed by atoms with Crippen LogP contribution in [0.4, 0.5) is 5.69 Å². The van der Waals surface area contributed by atoms with E-state index >= 15 is 0 Å². The van der Waals surface area contributed by atoms with Crippen LogP contribution in [-0.4, -0.2) is 18.1 Å². The second-order valence-electron chi connectivity index (χ2n) is 4.23. The Labute approximate surface area is 99.8 Å². The summed E-state index contributed by atoms with van der Waals surface area (Å²) in [6.07, 6.45) is 4.43. The van der Waals surface area contributed by atoms with Crippen LogP contribution < -0.4 is 4.90 Å². The molecule has 2 heterocycles. The van der Waals surface area contributed by atoms with E-state index in [9.17, 15) is 0 Å². The van der Waals surface area contributed by atoms with Gasteiger partial charge in [0.05, 0.1) is 0 Å². The van der Waals surface area contributed by atoms with Crippen LogP contribution in [-0.2, 0) is 0 Å². The zero-order chi connectivity index (χ0) is 11.0. The van der Waals surface area contributed by atoms with Gasteiger partial charge in [-0.25, -0.2) is 4.98 Å². The summed E-state index contributed by atoms with van der Waals surface area (Å²) in [5, 5.41) is 2.88. The standard InChI is InChI=1S/C13H13ClN2/c14-13-8-11-7-12(16-5-1-2-6-16)4-3-10(11)9-15-13/h3-4,7-9H,1-2,5-6H2. The molecule has 0 radical (unpaired) electrons. The Morgan fingerprint density at radius 1 is 1.06 bits per heavy atom. The van der Waals surface area contributed by atoms with E-state index in [2.05, 4.69) is 28.1 Å². The SMILES string of the molecule is Clc1cc2cc(N3CCCC3)ccc2cn1. The van der Waals surface area contributed by atoms with Crippen molar-refractivity contribution in [1.82, 2.24) is 4.98 Å². The summed E-state index contributed by atoms with van der Waals surface area (Å²) in [4.78, 5) is 6.51. The monoisotopic (exact) mass is 232 g/mol. The van der Waals surface area contributed by atoms with E-state index < -0.39 is 0 Å². The van der Waals surface area contributed by atoms with Crippen LogP contribution in [0.2, 0.25) is 5.15 Å². The molecule has 1 fully saturated rings. The molecule has 1 aromatic heterocycles. The molecule has 0 N–H and O–H groups in total. The predicted molar refractivity (Wildman–Crippen MR) is 68.2 cm³/mol. The number of nitrogens with zero attached hydrogens (tertiary/aromatic N) is 2. The van der Waals surface area contributed by atoms with Gasteiger partial charge in [-0.15, -0.1) is 0 Å². The molecule has 0 atom stereocenters. The van der Waals surface area contributed by atoms with Gasteiger partial charge in [-0.1, -0.05) is 17.7 Å². The molecular weight excluding hydrogens is 220 g/mol. The van der Waals surface area contributed by atoms with Crippen LogP contribution in [0.15, 0.2) is 30.5 Å². The second kappa shape index (κ2) is 3.95. The smallest absolute Gasteiger partial charge is 0.129 e. The molecule has 2 aromatic rings. The summed E-state index contributed by atoms with van der Waals surface area (Å²) < 4.78 is 0. The number of halogens is 1. The minimum atomic E-state index is 0.561. The lowest BCUT2D eigenvalue weighted by atomic mass is 10.1. The lowest BCUT2D eigenvalue weighted by Gasteiger charge is -2.17. The van der Waals surface area contributed by atoms with Crippen LogP contribution in [0.5, 0.6) is 0 Å². The average Bonchev–Trinajstić information content (AvgIpc) is 2.81. The van der Waals surface area contributed by atoms with Crippen LogP contribution in [0, 0.1) is 0 Å². The third-order valence-corrected chi connectivity index (χ3v) is 3.35. The highest BCUT2D eigenvalue weighted by molar-refractivity contribution is 6.30. The molecule has 2 nitrogen and oxygen atoms in total. The van der Waals surface area contributed by atoms with Crippen molar-refractivity contribution < 1.29 is 0 Å². The van der Waals surface area contributed by atoms with Crippen LogP contribution in [0.1, 0.15) is 12.8 Å². The predicted octanol–water partition coefficient (Wildman–Crippen LogP) is 3.49. The summed E-state index contributed by atoms with van der Waals surface area (Å²) in [5.74, 6) is 0. The van der Waals surface area contributed by atoms with Gasteiger partial charge in [0.1, 0.15) is 5.15 Å². The van der Waals surface area contributed by atoms with Gasteiger partial charge in [-0.3, -0.25) is 0 Å². The maximum atomic E-state index is 5.91. The zero-order valence-electron chi connectivity index (χ0n) is 8.99. The Morgan fingerprint density at radius 2 is 1.88 bits per heavy atom. The maximum absolute atomic E-state index is 5.91. The fourth-order valence-electron chi connectivity index (χ4n) is 2.27. The zero-order valence-corrected chi connectivity index (χ0v) is 9.74. The van der Waals surface area contributed by atoms with Gasteiger partial charge in [0.15, 0.2) is 0 Å². The van der Waals surface area contributed by atoms with E-state index in [4.69, 9.17) is 11.6 Å². The Kier molecular flexibility index (Phi) is 2.44. The molecule has 0 saturated carbocycles. The second-order valence-corrected chi connectivity index (χ2v) is 4.62. The summed E-state index contributed by atoms with van der Waals surface area (Å²) in [7, 11) is 0. The molecule has 16 heavy (non-hydrogen) atoms. The molecular formula is C13H13ClN2. The number of hydrogen-bond acceptors (Lipinski definition) is 2. The molecule has 3 heteroatoms. The van der Waals surface area contributed by atoms with Crippen molar-refractivity contribution in [3.63, 3.8) is 0 Å². The van der Waals surface area contributed by atoms with Crippen molar-refractivity contribution in [2.45, 2.75) is 12.8 Å². The minimum absolute atomic E-state index is 0.561. The van der Waals surface area contributed by atoms with Gasteiger partial charge >= 0.3 is 0 Å². The van der Waals surface area contributed by atoms with Gasteiger partial charge < -0.3 is 4.90 Å². The summed E-state index contributed by atoms with van der Waals surface area (Å²) in [5.41, 5.74) is 1.30. The van der Waals surface area contributed by atoms with Crippen molar-refractivity contribution >= 4 is 28.1 Å². The molecule has 0 bridgehead atoms. The number of anilines is 1. The van der Waals surface area contributed by atoms with E-state index in [1.165, 1.54) is 37.0 Å². The van der Waals surface area contributed by atoms with Gasteiger partial charge in [0, 0.05) is 30.4 Å². The highest BCUT2D eigenvalue weighted by Gasteiger charge is 2.12.